The number of benzene rings is 2. The molecule has 6 heteroatoms. The van der Waals surface area contributed by atoms with E-state index in [1.165, 1.54) is 11.3 Å². The summed E-state index contributed by atoms with van der Waals surface area (Å²) >= 11 is 1.53. The summed E-state index contributed by atoms with van der Waals surface area (Å²) in [4.78, 5) is 17.0. The Labute approximate surface area is 154 Å². The van der Waals surface area contributed by atoms with E-state index in [1.807, 2.05) is 71.6 Å². The molecule has 4 rings (SSSR count). The van der Waals surface area contributed by atoms with E-state index in [4.69, 9.17) is 0 Å². The number of amides is 1. The molecule has 2 N–H and O–H groups in total. The van der Waals surface area contributed by atoms with Crippen LogP contribution in [-0.4, -0.2) is 27.1 Å². The Balaban J connectivity index is 1.48. The molecule has 0 aliphatic heterocycles. The lowest BCUT2D eigenvalue weighted by Crippen LogP contribution is -2.28. The van der Waals surface area contributed by atoms with Crippen LogP contribution < -0.4 is 5.32 Å². The highest BCUT2D eigenvalue weighted by Gasteiger charge is 2.12. The molecule has 0 saturated carbocycles. The summed E-state index contributed by atoms with van der Waals surface area (Å²) in [7, 11) is 0. The molecule has 4 aromatic rings. The molecule has 0 bridgehead atoms. The number of hydrogen-bond donors (Lipinski definition) is 2. The lowest BCUT2D eigenvalue weighted by Gasteiger charge is -2.12. The van der Waals surface area contributed by atoms with Crippen LogP contribution >= 0.6 is 11.3 Å². The molecule has 1 atom stereocenters. The van der Waals surface area contributed by atoms with E-state index >= 15 is 0 Å². The Morgan fingerprint density at radius 1 is 1.12 bits per heavy atom. The average Bonchev–Trinajstić information content (AvgIpc) is 3.35. The minimum atomic E-state index is -0.729. The predicted octanol–water partition coefficient (Wildman–Crippen LogP) is 3.55. The van der Waals surface area contributed by atoms with Crippen LogP contribution in [0.3, 0.4) is 0 Å². The molecule has 130 valence electrons. The van der Waals surface area contributed by atoms with Gasteiger partial charge in [-0.25, -0.2) is 4.98 Å². The molecule has 0 fully saturated rings. The molecule has 0 spiro atoms. The summed E-state index contributed by atoms with van der Waals surface area (Å²) in [6.45, 7) is 0.165. The van der Waals surface area contributed by atoms with Gasteiger partial charge in [0.1, 0.15) is 0 Å². The van der Waals surface area contributed by atoms with E-state index in [0.29, 0.717) is 5.56 Å². The van der Waals surface area contributed by atoms with Gasteiger partial charge in [0.05, 0.1) is 16.3 Å². The van der Waals surface area contributed by atoms with Gasteiger partial charge in [0.15, 0.2) is 5.13 Å². The maximum absolute atomic E-state index is 12.4. The van der Waals surface area contributed by atoms with E-state index < -0.39 is 6.10 Å². The number of nitrogens with zero attached hydrogens (tertiary/aromatic N) is 2. The maximum Gasteiger partial charge on any atom is 0.251 e. The van der Waals surface area contributed by atoms with Crippen molar-refractivity contribution in [3.63, 3.8) is 0 Å². The number of rotatable bonds is 5. The average molecular weight is 363 g/mol. The van der Waals surface area contributed by atoms with E-state index in [9.17, 15) is 9.90 Å². The van der Waals surface area contributed by atoms with Gasteiger partial charge in [-0.1, -0.05) is 41.7 Å². The first-order valence-corrected chi connectivity index (χ1v) is 9.07. The molecule has 0 aliphatic carbocycles. The van der Waals surface area contributed by atoms with E-state index in [2.05, 4.69) is 10.3 Å². The van der Waals surface area contributed by atoms with E-state index in [1.54, 1.807) is 6.07 Å². The summed E-state index contributed by atoms with van der Waals surface area (Å²) in [6, 6.07) is 18.6. The second kappa shape index (κ2) is 7.11. The molecular weight excluding hydrogens is 346 g/mol. The zero-order chi connectivity index (χ0) is 17.9. The van der Waals surface area contributed by atoms with Crippen LogP contribution in [0.1, 0.15) is 22.0 Å². The number of aliphatic hydroxyl groups excluding tert-OH is 1. The topological polar surface area (TPSA) is 67.2 Å². The predicted molar refractivity (Wildman–Crippen MR) is 103 cm³/mol. The molecule has 26 heavy (non-hydrogen) atoms. The third-order valence-electron chi connectivity index (χ3n) is 4.10. The fourth-order valence-corrected chi connectivity index (χ4v) is 3.68. The van der Waals surface area contributed by atoms with Gasteiger partial charge in [0.2, 0.25) is 0 Å². The molecule has 0 saturated heterocycles. The highest BCUT2D eigenvalue weighted by Crippen LogP contribution is 2.26. The van der Waals surface area contributed by atoms with Gasteiger partial charge in [-0.05, 0) is 35.9 Å². The van der Waals surface area contributed by atoms with Crippen LogP contribution in [0.2, 0.25) is 0 Å². The van der Waals surface area contributed by atoms with E-state index in [-0.39, 0.29) is 12.5 Å². The van der Waals surface area contributed by atoms with Crippen molar-refractivity contribution >= 4 is 27.5 Å². The Morgan fingerprint density at radius 2 is 1.88 bits per heavy atom. The monoisotopic (exact) mass is 363 g/mol. The summed E-state index contributed by atoms with van der Waals surface area (Å²) in [5, 5.41) is 13.8. The number of aliphatic hydroxyl groups is 1. The first-order chi connectivity index (χ1) is 12.7. The second-order valence-electron chi connectivity index (χ2n) is 5.91. The van der Waals surface area contributed by atoms with Crippen molar-refractivity contribution in [3.8, 4) is 5.13 Å². The number of thiazole rings is 1. The van der Waals surface area contributed by atoms with Gasteiger partial charge in [0.25, 0.3) is 5.91 Å². The zero-order valence-corrected chi connectivity index (χ0v) is 14.7. The van der Waals surface area contributed by atoms with Crippen molar-refractivity contribution in [1.82, 2.24) is 14.9 Å². The highest BCUT2D eigenvalue weighted by atomic mass is 32.1. The van der Waals surface area contributed by atoms with Gasteiger partial charge >= 0.3 is 0 Å². The smallest absolute Gasteiger partial charge is 0.251 e. The van der Waals surface area contributed by atoms with Gasteiger partial charge < -0.3 is 15.0 Å². The molecule has 2 aromatic carbocycles. The quantitative estimate of drug-likeness (QED) is 0.570. The molecule has 5 nitrogen and oxygen atoms in total. The summed E-state index contributed by atoms with van der Waals surface area (Å²) in [5.74, 6) is -0.210. The molecular formula is C20H17N3O2S. The van der Waals surface area contributed by atoms with Gasteiger partial charge in [-0.15, -0.1) is 0 Å². The van der Waals surface area contributed by atoms with Crippen LogP contribution in [0.4, 0.5) is 0 Å². The molecule has 1 unspecified atom stereocenters. The number of nitrogens with one attached hydrogen (secondary N) is 1. The Bertz CT molecular complexity index is 1030. The largest absolute Gasteiger partial charge is 0.387 e. The molecule has 0 aliphatic rings. The van der Waals surface area contributed by atoms with Crippen molar-refractivity contribution in [2.24, 2.45) is 0 Å². The lowest BCUT2D eigenvalue weighted by molar-refractivity contribution is 0.0916. The van der Waals surface area contributed by atoms with Crippen LogP contribution in [0, 0.1) is 0 Å². The first-order valence-electron chi connectivity index (χ1n) is 8.26. The van der Waals surface area contributed by atoms with Crippen LogP contribution in [0.5, 0.6) is 0 Å². The molecule has 0 radical (unpaired) electrons. The number of fused-ring (bicyclic) bond motifs is 1. The second-order valence-corrected chi connectivity index (χ2v) is 6.91. The fraction of sp³-hybridized carbons (Fsp3) is 0.100. The summed E-state index contributed by atoms with van der Waals surface area (Å²) < 4.78 is 2.89. The number of aromatic nitrogens is 2. The maximum atomic E-state index is 12.4. The minimum Gasteiger partial charge on any atom is -0.387 e. The minimum absolute atomic E-state index is 0.165. The highest BCUT2D eigenvalue weighted by molar-refractivity contribution is 7.20. The molecule has 2 aromatic heterocycles. The number of hydrogen-bond acceptors (Lipinski definition) is 4. The SMILES string of the molecule is O=C(NCC(O)c1ccccc1)c1ccc2nc(-n3cccc3)sc2c1. The van der Waals surface area contributed by atoms with Gasteiger partial charge in [-0.3, -0.25) is 4.79 Å². The van der Waals surface area contributed by atoms with E-state index in [0.717, 1.165) is 20.9 Å². The molecule has 2 heterocycles. The van der Waals surface area contributed by atoms with Crippen molar-refractivity contribution in [2.75, 3.05) is 6.54 Å². The summed E-state index contributed by atoms with van der Waals surface area (Å²) in [5.41, 5.74) is 2.20. The Kier molecular flexibility index (Phi) is 4.51. The third-order valence-corrected chi connectivity index (χ3v) is 5.14. The van der Waals surface area contributed by atoms with Crippen molar-refractivity contribution < 1.29 is 9.90 Å². The van der Waals surface area contributed by atoms with Crippen molar-refractivity contribution in [1.29, 1.82) is 0 Å². The zero-order valence-electron chi connectivity index (χ0n) is 13.9. The third kappa shape index (κ3) is 3.37. The lowest BCUT2D eigenvalue weighted by atomic mass is 10.1. The van der Waals surface area contributed by atoms with Crippen molar-refractivity contribution in [3.05, 3.63) is 84.2 Å². The van der Waals surface area contributed by atoms with Crippen LogP contribution in [0.15, 0.2) is 73.1 Å². The van der Waals surface area contributed by atoms with Crippen LogP contribution in [-0.2, 0) is 0 Å². The van der Waals surface area contributed by atoms with Gasteiger partial charge in [-0.2, -0.15) is 0 Å². The normalized spacial score (nSPS) is 12.2. The van der Waals surface area contributed by atoms with Crippen molar-refractivity contribution in [2.45, 2.75) is 6.10 Å². The van der Waals surface area contributed by atoms with Gasteiger partial charge in [0, 0.05) is 24.5 Å². The summed E-state index contributed by atoms with van der Waals surface area (Å²) in [6.07, 6.45) is 3.15. The standard InChI is InChI=1S/C20H17N3O2S/c24-17(14-6-2-1-3-7-14)13-21-19(25)15-8-9-16-18(12-15)26-20(22-16)23-10-4-5-11-23/h1-12,17,24H,13H2,(H,21,25). The molecule has 1 amide bonds. The fourth-order valence-electron chi connectivity index (χ4n) is 2.71. The number of carbonyl (C=O) groups excluding carboxylic acids is 1. The Hall–Kier alpha value is -2.96. The Morgan fingerprint density at radius 3 is 2.65 bits per heavy atom. The first kappa shape index (κ1) is 16.5. The number of carbonyl (C=O) groups is 1. The van der Waals surface area contributed by atoms with Crippen LogP contribution in [0.25, 0.3) is 15.3 Å².